The highest BCUT2D eigenvalue weighted by molar-refractivity contribution is 5.84. The molecule has 1 heterocycles. The number of rotatable bonds is 7. The lowest BCUT2D eigenvalue weighted by molar-refractivity contribution is -0.130. The van der Waals surface area contributed by atoms with Gasteiger partial charge in [-0.2, -0.15) is 0 Å². The zero-order chi connectivity index (χ0) is 13.7. The van der Waals surface area contributed by atoms with Gasteiger partial charge in [0, 0.05) is 6.54 Å². The maximum Gasteiger partial charge on any atom is 0.241 e. The van der Waals surface area contributed by atoms with Gasteiger partial charge < -0.3 is 4.90 Å². The highest BCUT2D eigenvalue weighted by atomic mass is 16.2. The first kappa shape index (κ1) is 15.5. The fourth-order valence-corrected chi connectivity index (χ4v) is 2.62. The van der Waals surface area contributed by atoms with E-state index in [2.05, 4.69) is 44.8 Å². The van der Waals surface area contributed by atoms with Crippen molar-refractivity contribution in [3.63, 3.8) is 0 Å². The van der Waals surface area contributed by atoms with Crippen LogP contribution in [-0.2, 0) is 4.79 Å². The molecule has 0 spiro atoms. The molecule has 18 heavy (non-hydrogen) atoms. The highest BCUT2D eigenvalue weighted by Gasteiger charge is 2.38. The Morgan fingerprint density at radius 1 is 1.22 bits per heavy atom. The largest absolute Gasteiger partial charge is 0.326 e. The van der Waals surface area contributed by atoms with E-state index in [1.807, 2.05) is 0 Å². The monoisotopic (exact) mass is 254 g/mol. The van der Waals surface area contributed by atoms with Gasteiger partial charge >= 0.3 is 0 Å². The van der Waals surface area contributed by atoms with Gasteiger partial charge in [-0.1, -0.05) is 47.5 Å². The minimum absolute atomic E-state index is 0.0278. The van der Waals surface area contributed by atoms with E-state index in [1.54, 1.807) is 0 Å². The third-order valence-corrected chi connectivity index (χ3v) is 3.78. The van der Waals surface area contributed by atoms with E-state index in [9.17, 15) is 4.79 Å². The van der Waals surface area contributed by atoms with Crippen LogP contribution in [0.25, 0.3) is 0 Å². The van der Waals surface area contributed by atoms with Crippen molar-refractivity contribution in [2.45, 2.75) is 72.5 Å². The molecule has 2 unspecified atom stereocenters. The molecule has 0 saturated carbocycles. The van der Waals surface area contributed by atoms with Crippen molar-refractivity contribution in [2.75, 3.05) is 6.54 Å². The standard InChI is InChI=1S/C15H30N2O/c1-6-13-16-14(12(4)5)15(18)17(13)10-8-7-9-11(2)3/h11-14,16H,6-10H2,1-5H3. The molecule has 0 aromatic heterocycles. The van der Waals surface area contributed by atoms with Gasteiger partial charge in [0.05, 0.1) is 12.2 Å². The Labute approximate surface area is 112 Å². The maximum absolute atomic E-state index is 12.3. The summed E-state index contributed by atoms with van der Waals surface area (Å²) in [6.45, 7) is 11.8. The van der Waals surface area contributed by atoms with Crippen LogP contribution in [0.4, 0.5) is 0 Å². The summed E-state index contributed by atoms with van der Waals surface area (Å²) in [6.07, 6.45) is 4.87. The van der Waals surface area contributed by atoms with Crippen LogP contribution in [0.5, 0.6) is 0 Å². The lowest BCUT2D eigenvalue weighted by Gasteiger charge is -2.23. The van der Waals surface area contributed by atoms with E-state index < -0.39 is 0 Å². The number of carbonyl (C=O) groups excluding carboxylic acids is 1. The van der Waals surface area contributed by atoms with Crippen molar-refractivity contribution in [1.29, 1.82) is 0 Å². The predicted octanol–water partition coefficient (Wildman–Crippen LogP) is 3.01. The number of amides is 1. The zero-order valence-electron chi connectivity index (χ0n) is 12.7. The van der Waals surface area contributed by atoms with Gasteiger partial charge in [-0.15, -0.1) is 0 Å². The molecule has 3 nitrogen and oxygen atoms in total. The van der Waals surface area contributed by atoms with Crippen molar-refractivity contribution in [3.05, 3.63) is 0 Å². The normalized spacial score (nSPS) is 24.6. The SMILES string of the molecule is CCC1NC(C(C)C)C(=O)N1CCCCC(C)C. The molecule has 1 aliphatic heterocycles. The third kappa shape index (κ3) is 3.98. The second kappa shape index (κ2) is 7.13. The average molecular weight is 254 g/mol. The van der Waals surface area contributed by atoms with Crippen LogP contribution < -0.4 is 5.32 Å². The first-order chi connectivity index (χ1) is 8.47. The fourth-order valence-electron chi connectivity index (χ4n) is 2.62. The van der Waals surface area contributed by atoms with Gasteiger partial charge in [-0.05, 0) is 24.7 Å². The number of unbranched alkanes of at least 4 members (excludes halogenated alkanes) is 1. The lowest BCUT2D eigenvalue weighted by Crippen LogP contribution is -2.37. The Kier molecular flexibility index (Phi) is 6.13. The van der Waals surface area contributed by atoms with E-state index in [1.165, 1.54) is 12.8 Å². The summed E-state index contributed by atoms with van der Waals surface area (Å²) < 4.78 is 0. The van der Waals surface area contributed by atoms with Gasteiger partial charge in [0.15, 0.2) is 0 Å². The number of nitrogens with zero attached hydrogens (tertiary/aromatic N) is 1. The van der Waals surface area contributed by atoms with E-state index in [4.69, 9.17) is 0 Å². The quantitative estimate of drug-likeness (QED) is 0.708. The van der Waals surface area contributed by atoms with Crippen LogP contribution in [0.15, 0.2) is 0 Å². The van der Waals surface area contributed by atoms with E-state index in [0.717, 1.165) is 25.3 Å². The molecule has 1 aliphatic rings. The molecule has 0 aromatic carbocycles. The molecule has 0 aliphatic carbocycles. The Morgan fingerprint density at radius 3 is 2.39 bits per heavy atom. The van der Waals surface area contributed by atoms with Gasteiger partial charge in [0.25, 0.3) is 0 Å². The summed E-state index contributed by atoms with van der Waals surface area (Å²) in [5.41, 5.74) is 0. The highest BCUT2D eigenvalue weighted by Crippen LogP contribution is 2.19. The molecule has 0 aromatic rings. The van der Waals surface area contributed by atoms with Crippen LogP contribution in [0, 0.1) is 11.8 Å². The first-order valence-corrected chi connectivity index (χ1v) is 7.53. The summed E-state index contributed by atoms with van der Waals surface area (Å²) >= 11 is 0. The van der Waals surface area contributed by atoms with Crippen molar-refractivity contribution in [3.8, 4) is 0 Å². The van der Waals surface area contributed by atoms with Gasteiger partial charge in [0.2, 0.25) is 5.91 Å². The van der Waals surface area contributed by atoms with E-state index in [0.29, 0.717) is 11.8 Å². The number of hydrogen-bond acceptors (Lipinski definition) is 2. The Bertz CT molecular complexity index is 263. The van der Waals surface area contributed by atoms with Gasteiger partial charge in [0.1, 0.15) is 0 Å². The fraction of sp³-hybridized carbons (Fsp3) is 0.933. The lowest BCUT2D eigenvalue weighted by atomic mass is 10.0. The van der Waals surface area contributed by atoms with Crippen LogP contribution in [-0.4, -0.2) is 29.6 Å². The Hall–Kier alpha value is -0.570. The zero-order valence-corrected chi connectivity index (χ0v) is 12.7. The molecule has 1 fully saturated rings. The molecular weight excluding hydrogens is 224 g/mol. The predicted molar refractivity (Wildman–Crippen MR) is 76.2 cm³/mol. The average Bonchev–Trinajstić information content (AvgIpc) is 2.61. The van der Waals surface area contributed by atoms with Gasteiger partial charge in [-0.25, -0.2) is 0 Å². The molecule has 3 heteroatoms. The summed E-state index contributed by atoms with van der Waals surface area (Å²) in [4.78, 5) is 14.4. The van der Waals surface area contributed by atoms with Crippen molar-refractivity contribution >= 4 is 5.91 Å². The molecule has 1 N–H and O–H groups in total. The summed E-state index contributed by atoms with van der Waals surface area (Å²) in [5.74, 6) is 1.46. The summed E-state index contributed by atoms with van der Waals surface area (Å²) in [7, 11) is 0. The number of hydrogen-bond donors (Lipinski definition) is 1. The third-order valence-electron chi connectivity index (χ3n) is 3.78. The van der Waals surface area contributed by atoms with Crippen molar-refractivity contribution in [1.82, 2.24) is 10.2 Å². The molecule has 1 amide bonds. The van der Waals surface area contributed by atoms with Crippen LogP contribution >= 0.6 is 0 Å². The smallest absolute Gasteiger partial charge is 0.241 e. The maximum atomic E-state index is 12.3. The molecular formula is C15H30N2O. The second-order valence-corrected chi connectivity index (χ2v) is 6.23. The molecule has 1 rings (SSSR count). The van der Waals surface area contributed by atoms with Gasteiger partial charge in [-0.3, -0.25) is 10.1 Å². The van der Waals surface area contributed by atoms with Crippen molar-refractivity contribution in [2.24, 2.45) is 11.8 Å². The molecule has 1 saturated heterocycles. The summed E-state index contributed by atoms with van der Waals surface area (Å²) in [5, 5.41) is 3.47. The molecule has 0 bridgehead atoms. The first-order valence-electron chi connectivity index (χ1n) is 7.53. The molecule has 0 radical (unpaired) electrons. The topological polar surface area (TPSA) is 32.3 Å². The Balaban J connectivity index is 2.44. The number of nitrogens with one attached hydrogen (secondary N) is 1. The van der Waals surface area contributed by atoms with E-state index >= 15 is 0 Å². The molecule has 2 atom stereocenters. The Morgan fingerprint density at radius 2 is 1.89 bits per heavy atom. The van der Waals surface area contributed by atoms with Crippen LogP contribution in [0.3, 0.4) is 0 Å². The summed E-state index contributed by atoms with van der Waals surface area (Å²) in [6, 6.07) is 0.0278. The molecule has 106 valence electrons. The van der Waals surface area contributed by atoms with Crippen LogP contribution in [0.2, 0.25) is 0 Å². The van der Waals surface area contributed by atoms with Crippen LogP contribution in [0.1, 0.15) is 60.3 Å². The minimum atomic E-state index is 0.0278. The second-order valence-electron chi connectivity index (χ2n) is 6.23. The van der Waals surface area contributed by atoms with E-state index in [-0.39, 0.29) is 12.2 Å². The minimum Gasteiger partial charge on any atom is -0.326 e. The number of carbonyl (C=O) groups is 1. The van der Waals surface area contributed by atoms with Crippen molar-refractivity contribution < 1.29 is 4.79 Å².